The van der Waals surface area contributed by atoms with Gasteiger partial charge in [-0.05, 0) is 62.5 Å². The van der Waals surface area contributed by atoms with Gasteiger partial charge in [0.2, 0.25) is 5.88 Å². The molecule has 2 saturated carbocycles. The first-order chi connectivity index (χ1) is 10.1. The normalized spacial score (nSPS) is 21.3. The van der Waals surface area contributed by atoms with Crippen LogP contribution >= 0.6 is 0 Å². The van der Waals surface area contributed by atoms with Crippen molar-refractivity contribution in [2.24, 2.45) is 11.7 Å². The molecule has 0 saturated heterocycles. The predicted octanol–water partition coefficient (Wildman–Crippen LogP) is 3.28. The van der Waals surface area contributed by atoms with E-state index in [-0.39, 0.29) is 11.6 Å². The smallest absolute Gasteiger partial charge is 0.223 e. The average Bonchev–Trinajstić information content (AvgIpc) is 3.35. The number of ether oxygens (including phenoxy) is 1. The standard InChI is InChI=1S/C17H21N3O/c1-10-7-12-13(15(18)11-3-4-11)8-20-16(14(12)9-19-10)21-17(2)5-6-17/h7-9,11,15H,3-6,18H2,1-2H3/t15-/m1/s1. The summed E-state index contributed by atoms with van der Waals surface area (Å²) in [6.45, 7) is 4.14. The van der Waals surface area contributed by atoms with Crippen molar-refractivity contribution in [3.05, 3.63) is 29.7 Å². The fourth-order valence-corrected chi connectivity index (χ4v) is 2.80. The van der Waals surface area contributed by atoms with Crippen LogP contribution in [-0.2, 0) is 0 Å². The van der Waals surface area contributed by atoms with Gasteiger partial charge in [-0.1, -0.05) is 0 Å². The molecule has 21 heavy (non-hydrogen) atoms. The molecular weight excluding hydrogens is 262 g/mol. The summed E-state index contributed by atoms with van der Waals surface area (Å²) >= 11 is 0. The van der Waals surface area contributed by atoms with Crippen molar-refractivity contribution in [1.82, 2.24) is 9.97 Å². The highest BCUT2D eigenvalue weighted by Crippen LogP contribution is 2.44. The highest BCUT2D eigenvalue weighted by molar-refractivity contribution is 5.89. The number of hydrogen-bond donors (Lipinski definition) is 1. The molecule has 0 spiro atoms. The summed E-state index contributed by atoms with van der Waals surface area (Å²) in [5.41, 5.74) is 8.50. The summed E-state index contributed by atoms with van der Waals surface area (Å²) in [5.74, 6) is 1.31. The van der Waals surface area contributed by atoms with Gasteiger partial charge in [-0.25, -0.2) is 4.98 Å². The number of nitrogens with zero attached hydrogens (tertiary/aromatic N) is 2. The maximum atomic E-state index is 6.40. The van der Waals surface area contributed by atoms with E-state index in [4.69, 9.17) is 10.5 Å². The van der Waals surface area contributed by atoms with Crippen molar-refractivity contribution < 1.29 is 4.74 Å². The average molecular weight is 283 g/mol. The maximum Gasteiger partial charge on any atom is 0.223 e. The van der Waals surface area contributed by atoms with E-state index in [1.807, 2.05) is 19.3 Å². The molecule has 2 aromatic rings. The van der Waals surface area contributed by atoms with E-state index >= 15 is 0 Å². The molecule has 2 aliphatic carbocycles. The zero-order valence-electron chi connectivity index (χ0n) is 12.6. The van der Waals surface area contributed by atoms with Crippen molar-refractivity contribution in [2.75, 3.05) is 0 Å². The summed E-state index contributed by atoms with van der Waals surface area (Å²) in [6.07, 6.45) is 8.43. The zero-order chi connectivity index (χ0) is 14.6. The number of rotatable bonds is 4. The number of hydrogen-bond acceptors (Lipinski definition) is 4. The monoisotopic (exact) mass is 283 g/mol. The minimum atomic E-state index is -0.0368. The van der Waals surface area contributed by atoms with Gasteiger partial charge in [0.1, 0.15) is 5.60 Å². The van der Waals surface area contributed by atoms with Gasteiger partial charge in [-0.3, -0.25) is 4.98 Å². The Morgan fingerprint density at radius 3 is 2.67 bits per heavy atom. The zero-order valence-corrected chi connectivity index (χ0v) is 12.6. The van der Waals surface area contributed by atoms with Gasteiger partial charge < -0.3 is 10.5 Å². The molecule has 0 radical (unpaired) electrons. The van der Waals surface area contributed by atoms with E-state index in [1.54, 1.807) is 0 Å². The van der Waals surface area contributed by atoms with Crippen LogP contribution in [0.5, 0.6) is 5.88 Å². The molecule has 0 aromatic carbocycles. The van der Waals surface area contributed by atoms with Gasteiger partial charge >= 0.3 is 0 Å². The van der Waals surface area contributed by atoms with Crippen molar-refractivity contribution in [3.63, 3.8) is 0 Å². The molecule has 2 fully saturated rings. The maximum absolute atomic E-state index is 6.40. The van der Waals surface area contributed by atoms with Crippen LogP contribution in [0.25, 0.3) is 10.8 Å². The van der Waals surface area contributed by atoms with E-state index in [0.717, 1.165) is 34.9 Å². The third kappa shape index (κ3) is 2.38. The molecule has 0 bridgehead atoms. The molecule has 2 heterocycles. The van der Waals surface area contributed by atoms with Crippen LogP contribution in [0.15, 0.2) is 18.5 Å². The Morgan fingerprint density at radius 1 is 1.24 bits per heavy atom. The minimum absolute atomic E-state index is 0.0368. The Labute approximate surface area is 124 Å². The summed E-state index contributed by atoms with van der Waals surface area (Å²) < 4.78 is 6.08. The fourth-order valence-electron chi connectivity index (χ4n) is 2.80. The largest absolute Gasteiger partial charge is 0.471 e. The highest BCUT2D eigenvalue weighted by Gasteiger charge is 2.41. The first-order valence-corrected chi connectivity index (χ1v) is 7.76. The van der Waals surface area contributed by atoms with E-state index in [1.165, 1.54) is 12.8 Å². The van der Waals surface area contributed by atoms with Crippen LogP contribution < -0.4 is 10.5 Å². The van der Waals surface area contributed by atoms with Crippen LogP contribution in [-0.4, -0.2) is 15.6 Å². The van der Waals surface area contributed by atoms with Gasteiger partial charge in [0.15, 0.2) is 0 Å². The number of pyridine rings is 2. The lowest BCUT2D eigenvalue weighted by molar-refractivity contribution is 0.194. The molecular formula is C17H21N3O. The Balaban J connectivity index is 1.83. The second-order valence-electron chi connectivity index (χ2n) is 6.81. The summed E-state index contributed by atoms with van der Waals surface area (Å²) in [7, 11) is 0. The van der Waals surface area contributed by atoms with E-state index < -0.39 is 0 Å². The molecule has 0 unspecified atom stereocenters. The van der Waals surface area contributed by atoms with Gasteiger partial charge in [-0.2, -0.15) is 0 Å². The summed E-state index contributed by atoms with van der Waals surface area (Å²) in [4.78, 5) is 8.97. The molecule has 2 aromatic heterocycles. The SMILES string of the molecule is Cc1cc2c([C@H](N)C3CC3)cnc(OC3(C)CC3)c2cn1. The van der Waals surface area contributed by atoms with E-state index in [9.17, 15) is 0 Å². The van der Waals surface area contributed by atoms with Gasteiger partial charge in [-0.15, -0.1) is 0 Å². The lowest BCUT2D eigenvalue weighted by atomic mass is 9.99. The first kappa shape index (κ1) is 13.0. The molecule has 4 heteroatoms. The Kier molecular flexibility index (Phi) is 2.73. The molecule has 1 atom stereocenters. The lowest BCUT2D eigenvalue weighted by Gasteiger charge is -2.18. The van der Waals surface area contributed by atoms with Crippen molar-refractivity contribution in [2.45, 2.75) is 51.2 Å². The number of fused-ring (bicyclic) bond motifs is 1. The molecule has 0 amide bonds. The quantitative estimate of drug-likeness (QED) is 0.935. The summed E-state index contributed by atoms with van der Waals surface area (Å²) in [5, 5.41) is 2.14. The van der Waals surface area contributed by atoms with Crippen LogP contribution in [0.4, 0.5) is 0 Å². The topological polar surface area (TPSA) is 61.0 Å². The molecule has 2 aliphatic rings. The van der Waals surface area contributed by atoms with E-state index in [0.29, 0.717) is 11.8 Å². The van der Waals surface area contributed by atoms with Crippen LogP contribution in [0.1, 0.15) is 49.9 Å². The van der Waals surface area contributed by atoms with Gasteiger partial charge in [0.05, 0.1) is 5.39 Å². The molecule has 4 rings (SSSR count). The second kappa shape index (κ2) is 4.41. The van der Waals surface area contributed by atoms with Crippen molar-refractivity contribution in [1.29, 1.82) is 0 Å². The predicted molar refractivity (Wildman–Crippen MR) is 82.2 cm³/mol. The second-order valence-corrected chi connectivity index (χ2v) is 6.81. The molecule has 2 N–H and O–H groups in total. The Hall–Kier alpha value is -1.68. The Bertz CT molecular complexity index is 704. The summed E-state index contributed by atoms with van der Waals surface area (Å²) in [6, 6.07) is 2.18. The lowest BCUT2D eigenvalue weighted by Crippen LogP contribution is -2.16. The van der Waals surface area contributed by atoms with Crippen molar-refractivity contribution in [3.8, 4) is 5.88 Å². The van der Waals surface area contributed by atoms with Gasteiger partial charge in [0.25, 0.3) is 0 Å². The Morgan fingerprint density at radius 2 is 2.00 bits per heavy atom. The molecule has 4 nitrogen and oxygen atoms in total. The third-order valence-electron chi connectivity index (χ3n) is 4.69. The third-order valence-corrected chi connectivity index (χ3v) is 4.69. The van der Waals surface area contributed by atoms with Crippen LogP contribution in [0.3, 0.4) is 0 Å². The minimum Gasteiger partial charge on any atom is -0.471 e. The fraction of sp³-hybridized carbons (Fsp3) is 0.529. The number of aromatic nitrogens is 2. The van der Waals surface area contributed by atoms with Crippen LogP contribution in [0.2, 0.25) is 0 Å². The molecule has 110 valence electrons. The van der Waals surface area contributed by atoms with Crippen LogP contribution in [0, 0.1) is 12.8 Å². The first-order valence-electron chi connectivity index (χ1n) is 7.76. The van der Waals surface area contributed by atoms with E-state index in [2.05, 4.69) is 23.0 Å². The number of nitrogens with two attached hydrogens (primary N) is 1. The molecule has 0 aliphatic heterocycles. The number of aryl methyl sites for hydroxylation is 1. The highest BCUT2D eigenvalue weighted by atomic mass is 16.5. The van der Waals surface area contributed by atoms with Crippen molar-refractivity contribution >= 4 is 10.8 Å². The van der Waals surface area contributed by atoms with Gasteiger partial charge in [0, 0.05) is 24.1 Å².